The Kier molecular flexibility index (Phi) is 9.70. The molecular weight excluding hydrogens is 650 g/mol. The molecule has 6 fully saturated rings. The molecule has 9 rings (SSSR count). The molecule has 2 amide bonds. The lowest BCUT2D eigenvalue weighted by atomic mass is 9.53. The molecular formula is C41H50ClN3O5. The number of carbonyl (C=O) groups is 1. The fourth-order valence-electron chi connectivity index (χ4n) is 10.00. The lowest BCUT2D eigenvalue weighted by Gasteiger charge is -2.56. The SMILES string of the molecule is O=C(NCc1ccc(C2OC(CN3CCC(O)(c4ccc(Cl)cc4)CC3)CC(c3ccc(CO)cc3)O2)cc1)NC12CC3CC(CC(C3)C1)C2. The third kappa shape index (κ3) is 7.48. The summed E-state index contributed by atoms with van der Waals surface area (Å²) in [6.07, 6.45) is 8.68. The predicted octanol–water partition coefficient (Wildman–Crippen LogP) is 7.13. The molecule has 8 nitrogen and oxygen atoms in total. The van der Waals surface area contributed by atoms with E-state index in [2.05, 4.69) is 15.5 Å². The summed E-state index contributed by atoms with van der Waals surface area (Å²) in [5.74, 6) is 2.37. The molecule has 6 aliphatic rings. The van der Waals surface area contributed by atoms with Crippen molar-refractivity contribution in [1.82, 2.24) is 15.5 Å². The number of nitrogens with zero attached hydrogens (tertiary/aromatic N) is 1. The summed E-state index contributed by atoms with van der Waals surface area (Å²) in [5.41, 5.74) is 3.94. The van der Waals surface area contributed by atoms with Crippen molar-refractivity contribution < 1.29 is 24.5 Å². The minimum Gasteiger partial charge on any atom is -0.392 e. The van der Waals surface area contributed by atoms with Crippen molar-refractivity contribution in [1.29, 1.82) is 0 Å². The molecule has 2 aliphatic heterocycles. The third-order valence-electron chi connectivity index (χ3n) is 12.3. The number of urea groups is 1. The van der Waals surface area contributed by atoms with Crippen molar-refractivity contribution in [2.75, 3.05) is 19.6 Å². The van der Waals surface area contributed by atoms with Gasteiger partial charge in [-0.05, 0) is 104 Å². The molecule has 0 spiro atoms. The van der Waals surface area contributed by atoms with Crippen LogP contribution in [0.2, 0.25) is 5.02 Å². The van der Waals surface area contributed by atoms with Gasteiger partial charge in [-0.1, -0.05) is 72.3 Å². The molecule has 4 aliphatic carbocycles. The number of halogens is 1. The van der Waals surface area contributed by atoms with E-state index < -0.39 is 11.9 Å². The summed E-state index contributed by atoms with van der Waals surface area (Å²) in [6, 6.07) is 23.6. The highest BCUT2D eigenvalue weighted by molar-refractivity contribution is 6.30. The zero-order valence-corrected chi connectivity index (χ0v) is 29.5. The van der Waals surface area contributed by atoms with Gasteiger partial charge in [-0.25, -0.2) is 4.79 Å². The van der Waals surface area contributed by atoms with Crippen molar-refractivity contribution in [3.05, 3.63) is 106 Å². The van der Waals surface area contributed by atoms with E-state index >= 15 is 0 Å². The zero-order valence-electron chi connectivity index (χ0n) is 28.7. The number of aliphatic hydroxyl groups excluding tert-OH is 1. The monoisotopic (exact) mass is 699 g/mol. The molecule has 50 heavy (non-hydrogen) atoms. The number of amides is 2. The molecule has 3 unspecified atom stereocenters. The number of benzene rings is 3. The van der Waals surface area contributed by atoms with E-state index in [-0.39, 0.29) is 30.4 Å². The highest BCUT2D eigenvalue weighted by Gasteiger charge is 2.51. The van der Waals surface area contributed by atoms with Crippen molar-refractivity contribution in [3.8, 4) is 0 Å². The molecule has 4 bridgehead atoms. The fraction of sp³-hybridized carbons (Fsp3) is 0.537. The normalized spacial score (nSPS) is 31.7. The Morgan fingerprint density at radius 3 is 2.02 bits per heavy atom. The number of carbonyl (C=O) groups excluding carboxylic acids is 1. The topological polar surface area (TPSA) is 103 Å². The van der Waals surface area contributed by atoms with Crippen LogP contribution in [-0.2, 0) is 28.2 Å². The molecule has 2 heterocycles. The molecule has 4 N–H and O–H groups in total. The van der Waals surface area contributed by atoms with Crippen LogP contribution in [0.4, 0.5) is 4.79 Å². The molecule has 9 heteroatoms. The van der Waals surface area contributed by atoms with E-state index in [4.69, 9.17) is 21.1 Å². The van der Waals surface area contributed by atoms with Gasteiger partial charge in [-0.2, -0.15) is 0 Å². The minimum absolute atomic E-state index is 0.00261. The summed E-state index contributed by atoms with van der Waals surface area (Å²) in [5, 5.41) is 28.2. The highest BCUT2D eigenvalue weighted by atomic mass is 35.5. The summed E-state index contributed by atoms with van der Waals surface area (Å²) in [4.78, 5) is 15.4. The Morgan fingerprint density at radius 1 is 0.800 bits per heavy atom. The second-order valence-electron chi connectivity index (χ2n) is 15.9. The Hall–Kier alpha value is -2.98. The molecule has 4 saturated carbocycles. The summed E-state index contributed by atoms with van der Waals surface area (Å²) in [6.45, 7) is 2.73. The first-order valence-corrected chi connectivity index (χ1v) is 19.0. The Morgan fingerprint density at radius 2 is 1.40 bits per heavy atom. The molecule has 3 aromatic carbocycles. The van der Waals surface area contributed by atoms with E-state index in [0.29, 0.717) is 30.8 Å². The summed E-state index contributed by atoms with van der Waals surface area (Å²) < 4.78 is 13.2. The molecule has 3 aromatic rings. The first-order chi connectivity index (χ1) is 24.2. The predicted molar refractivity (Wildman–Crippen MR) is 192 cm³/mol. The van der Waals surface area contributed by atoms with Crippen molar-refractivity contribution in [2.24, 2.45) is 17.8 Å². The number of ether oxygens (including phenoxy) is 2. The average Bonchev–Trinajstić information content (AvgIpc) is 3.11. The minimum atomic E-state index is -0.858. The number of nitrogens with one attached hydrogen (secondary N) is 2. The van der Waals surface area contributed by atoms with Crippen LogP contribution in [0, 0.1) is 17.8 Å². The smallest absolute Gasteiger partial charge is 0.315 e. The van der Waals surface area contributed by atoms with Crippen LogP contribution in [-0.4, -0.2) is 52.4 Å². The number of aliphatic hydroxyl groups is 2. The Balaban J connectivity index is 0.900. The van der Waals surface area contributed by atoms with Gasteiger partial charge in [0, 0.05) is 48.7 Å². The van der Waals surface area contributed by atoms with E-state index in [9.17, 15) is 15.0 Å². The molecule has 2 saturated heterocycles. The van der Waals surface area contributed by atoms with Gasteiger partial charge in [0.25, 0.3) is 0 Å². The van der Waals surface area contributed by atoms with Gasteiger partial charge in [0.05, 0.1) is 24.4 Å². The Bertz CT molecular complexity index is 1590. The number of rotatable bonds is 9. The first-order valence-electron chi connectivity index (χ1n) is 18.6. The van der Waals surface area contributed by atoms with Crippen LogP contribution in [0.5, 0.6) is 0 Å². The number of likely N-dealkylation sites (tertiary alicyclic amines) is 1. The van der Waals surface area contributed by atoms with Gasteiger partial charge in [-0.15, -0.1) is 0 Å². The van der Waals surface area contributed by atoms with Gasteiger partial charge in [0.1, 0.15) is 0 Å². The molecule has 0 radical (unpaired) electrons. The summed E-state index contributed by atoms with van der Waals surface area (Å²) in [7, 11) is 0. The Labute approximate surface area is 300 Å². The number of hydrogen-bond donors (Lipinski definition) is 4. The van der Waals surface area contributed by atoms with Gasteiger partial charge in [0.2, 0.25) is 0 Å². The average molecular weight is 700 g/mol. The van der Waals surface area contributed by atoms with Crippen LogP contribution in [0.15, 0.2) is 72.8 Å². The maximum absolute atomic E-state index is 13.0. The second-order valence-corrected chi connectivity index (χ2v) is 16.4. The third-order valence-corrected chi connectivity index (χ3v) is 12.5. The van der Waals surface area contributed by atoms with Crippen molar-refractivity contribution >= 4 is 17.6 Å². The van der Waals surface area contributed by atoms with Crippen LogP contribution in [0.1, 0.15) is 98.0 Å². The molecule has 266 valence electrons. The first kappa shape index (κ1) is 34.1. The number of hydrogen-bond acceptors (Lipinski definition) is 6. The van der Waals surface area contributed by atoms with Gasteiger partial charge in [-0.3, -0.25) is 0 Å². The van der Waals surface area contributed by atoms with E-state index in [1.54, 1.807) is 0 Å². The maximum atomic E-state index is 13.0. The quantitative estimate of drug-likeness (QED) is 0.190. The summed E-state index contributed by atoms with van der Waals surface area (Å²) >= 11 is 6.09. The lowest BCUT2D eigenvalue weighted by Crippen LogP contribution is -2.61. The lowest BCUT2D eigenvalue weighted by molar-refractivity contribution is -0.253. The zero-order chi connectivity index (χ0) is 34.3. The van der Waals surface area contributed by atoms with Gasteiger partial charge < -0.3 is 35.2 Å². The standard InChI is InChI=1S/C41H50ClN3O5/c42-35-11-9-34(10-12-35)41(48)13-15-45(16-14-41)25-36-20-37(32-5-3-28(26-46)4-6-32)50-38(49-36)33-7-1-27(2-8-33)24-43-39(47)44-40-21-29-17-30(22-40)19-31(18-29)23-40/h1-12,29-31,36-38,46,48H,13-26H2,(H2,43,44,47). The van der Waals surface area contributed by atoms with Crippen molar-refractivity contribution in [2.45, 2.75) is 101 Å². The molecule has 0 aromatic heterocycles. The van der Waals surface area contributed by atoms with E-state index in [1.165, 1.54) is 19.3 Å². The maximum Gasteiger partial charge on any atom is 0.315 e. The fourth-order valence-corrected chi connectivity index (χ4v) is 10.1. The molecule has 3 atom stereocenters. The van der Waals surface area contributed by atoms with Crippen LogP contribution in [0.25, 0.3) is 0 Å². The van der Waals surface area contributed by atoms with Gasteiger partial charge in [0.15, 0.2) is 6.29 Å². The van der Waals surface area contributed by atoms with Crippen LogP contribution in [0.3, 0.4) is 0 Å². The van der Waals surface area contributed by atoms with E-state index in [0.717, 1.165) is 84.5 Å². The van der Waals surface area contributed by atoms with Crippen LogP contribution >= 0.6 is 11.6 Å². The van der Waals surface area contributed by atoms with Crippen LogP contribution < -0.4 is 10.6 Å². The largest absolute Gasteiger partial charge is 0.392 e. The van der Waals surface area contributed by atoms with E-state index in [1.807, 2.05) is 72.8 Å². The van der Waals surface area contributed by atoms with Gasteiger partial charge >= 0.3 is 6.03 Å². The second kappa shape index (κ2) is 14.2. The van der Waals surface area contributed by atoms with Crippen molar-refractivity contribution in [3.63, 3.8) is 0 Å². The number of piperidine rings is 1. The highest BCUT2D eigenvalue weighted by Crippen LogP contribution is 2.55.